The summed E-state index contributed by atoms with van der Waals surface area (Å²) in [5.74, 6) is 0. The second kappa shape index (κ2) is 6.46. The number of nitrogens with zero attached hydrogens (tertiary/aromatic N) is 4. The molecule has 0 atom stereocenters. The predicted molar refractivity (Wildman–Crippen MR) is 74.2 cm³/mol. The van der Waals surface area contributed by atoms with Crippen LogP contribution in [0.2, 0.25) is 0 Å². The van der Waals surface area contributed by atoms with E-state index in [1.165, 1.54) is 0 Å². The van der Waals surface area contributed by atoms with Crippen molar-refractivity contribution in [2.45, 2.75) is 6.29 Å². The first kappa shape index (κ1) is 15.4. The van der Waals surface area contributed by atoms with E-state index in [0.717, 1.165) is 17.2 Å². The fraction of sp³-hybridized carbons (Fsp3) is 0.500. The third-order valence-electron chi connectivity index (χ3n) is 2.71. The number of fused-ring (bicyclic) bond motifs is 1. The molecule has 0 unspecified atom stereocenters. The molecule has 7 heteroatoms. The predicted octanol–water partition coefficient (Wildman–Crippen LogP) is 0.0717. The van der Waals surface area contributed by atoms with Crippen LogP contribution in [-0.2, 0) is 0 Å². The Hall–Kier alpha value is -1.70. The van der Waals surface area contributed by atoms with Crippen molar-refractivity contribution in [2.75, 3.05) is 35.3 Å². The average Bonchev–Trinajstić information content (AvgIpc) is 2.69. The van der Waals surface area contributed by atoms with E-state index in [0.29, 0.717) is 5.52 Å². The summed E-state index contributed by atoms with van der Waals surface area (Å²) in [5.41, 5.74) is 1.52. The smallest absolute Gasteiger partial charge is 0.249 e. The number of aromatic amines is 1. The van der Waals surface area contributed by atoms with Gasteiger partial charge in [0.1, 0.15) is 0 Å². The highest BCUT2D eigenvalue weighted by Crippen LogP contribution is 2.16. The Morgan fingerprint density at radius 3 is 2.21 bits per heavy atom. The summed E-state index contributed by atoms with van der Waals surface area (Å²) in [6.07, 6.45) is -0.0323. The highest BCUT2D eigenvalue weighted by molar-refractivity contribution is 5.70. The van der Waals surface area contributed by atoms with Crippen molar-refractivity contribution in [2.24, 2.45) is 0 Å². The molecule has 2 N–H and O–H groups in total. The molecule has 0 spiro atoms. The van der Waals surface area contributed by atoms with Crippen molar-refractivity contribution in [3.05, 3.63) is 29.2 Å². The maximum atomic E-state index is 11.8. The van der Waals surface area contributed by atoms with Crippen LogP contribution in [0.1, 0.15) is 6.29 Å². The highest BCUT2D eigenvalue weighted by Gasteiger charge is 2.26. The third kappa shape index (κ3) is 3.01. The van der Waals surface area contributed by atoms with Crippen LogP contribution < -0.4 is 4.54 Å². The van der Waals surface area contributed by atoms with Crippen molar-refractivity contribution in [1.82, 2.24) is 19.7 Å². The molecule has 19 heavy (non-hydrogen) atoms. The minimum absolute atomic E-state index is 0.0323. The molecule has 0 saturated heterocycles. The number of hydrogen-bond acceptors (Lipinski definition) is 4. The van der Waals surface area contributed by atoms with Crippen LogP contribution in [0, 0.1) is 4.91 Å². The lowest BCUT2D eigenvalue weighted by Crippen LogP contribution is -2.38. The van der Waals surface area contributed by atoms with E-state index in [2.05, 4.69) is 5.21 Å². The molecule has 0 aliphatic carbocycles. The molecule has 0 bridgehead atoms. The number of aliphatic hydroxyl groups excluding tert-OH is 1. The first-order chi connectivity index (χ1) is 9.02. The van der Waals surface area contributed by atoms with Crippen molar-refractivity contribution in [1.29, 1.82) is 0 Å². The minimum atomic E-state index is -0.0323. The maximum Gasteiger partial charge on any atom is 0.249 e. The Morgan fingerprint density at radius 2 is 1.68 bits per heavy atom. The van der Waals surface area contributed by atoms with Crippen LogP contribution >= 0.6 is 0 Å². The zero-order valence-corrected chi connectivity index (χ0v) is 12.0. The van der Waals surface area contributed by atoms with Gasteiger partial charge in [0.2, 0.25) is 17.3 Å². The molecular weight excluding hydrogens is 246 g/mol. The van der Waals surface area contributed by atoms with Crippen LogP contribution in [0.3, 0.4) is 0 Å². The van der Waals surface area contributed by atoms with Gasteiger partial charge in [-0.25, -0.2) is 0 Å². The van der Waals surface area contributed by atoms with Gasteiger partial charge in [-0.3, -0.25) is 9.80 Å². The lowest BCUT2D eigenvalue weighted by molar-refractivity contribution is -0.542. The van der Waals surface area contributed by atoms with Crippen molar-refractivity contribution >= 4 is 11.0 Å². The molecule has 106 valence electrons. The van der Waals surface area contributed by atoms with E-state index >= 15 is 0 Å². The summed E-state index contributed by atoms with van der Waals surface area (Å²) in [7, 11) is 8.90. The van der Waals surface area contributed by atoms with E-state index in [-0.39, 0.29) is 6.29 Å². The average molecular weight is 268 g/mol. The zero-order valence-electron chi connectivity index (χ0n) is 12.0. The Balaban J connectivity index is 0.000000861. The summed E-state index contributed by atoms with van der Waals surface area (Å²) in [6.45, 7) is 0. The molecule has 0 fully saturated rings. The number of aliphatic hydroxyl groups is 1. The summed E-state index contributed by atoms with van der Waals surface area (Å²) in [5, 5.41) is 9.81. The Bertz CT molecular complexity index is 565. The van der Waals surface area contributed by atoms with Crippen molar-refractivity contribution < 1.29 is 9.65 Å². The standard InChI is InChI=1S/C11H18N5O.CH4O/c1-13(2)11(14(3)4)15-9-7-5-6-8-10(9)16(17)12-15;1-2/h5-8,11H,1-4H3,(H,12,17);2H,1H3/q+1;. The van der Waals surface area contributed by atoms with Gasteiger partial charge < -0.3 is 5.11 Å². The van der Waals surface area contributed by atoms with Gasteiger partial charge in [0.05, 0.1) is 4.54 Å². The Morgan fingerprint density at radius 1 is 1.16 bits per heavy atom. The van der Waals surface area contributed by atoms with Crippen LogP contribution in [-0.4, -0.2) is 60.1 Å². The number of nitrogens with one attached hydrogen (secondary N) is 1. The first-order valence-electron chi connectivity index (χ1n) is 5.92. The fourth-order valence-electron chi connectivity index (χ4n) is 2.14. The molecule has 1 aromatic heterocycles. The number of H-pyrrole nitrogens is 1. The minimum Gasteiger partial charge on any atom is -0.400 e. The fourth-order valence-corrected chi connectivity index (χ4v) is 2.14. The van der Waals surface area contributed by atoms with Crippen LogP contribution in [0.5, 0.6) is 0 Å². The molecule has 0 radical (unpaired) electrons. The molecule has 7 nitrogen and oxygen atoms in total. The van der Waals surface area contributed by atoms with Gasteiger partial charge in [0.15, 0.2) is 0 Å². The molecule has 2 rings (SSSR count). The third-order valence-corrected chi connectivity index (χ3v) is 2.71. The number of rotatable bonds is 3. The van der Waals surface area contributed by atoms with Gasteiger partial charge >= 0.3 is 0 Å². The number of aromatic nitrogens is 3. The van der Waals surface area contributed by atoms with Gasteiger partial charge in [-0.1, -0.05) is 17.3 Å². The lowest BCUT2D eigenvalue weighted by Gasteiger charge is -2.26. The number of hydrogen-bond donors (Lipinski definition) is 2. The molecule has 2 aromatic rings. The van der Waals surface area contributed by atoms with Crippen LogP contribution in [0.25, 0.3) is 11.0 Å². The Labute approximate surface area is 112 Å². The maximum absolute atomic E-state index is 11.8. The topological polar surface area (TPSA) is 70.4 Å². The lowest BCUT2D eigenvalue weighted by atomic mass is 10.3. The summed E-state index contributed by atoms with van der Waals surface area (Å²) in [4.78, 5) is 15.8. The summed E-state index contributed by atoms with van der Waals surface area (Å²) in [6, 6.07) is 7.52. The zero-order chi connectivity index (χ0) is 14.6. The van der Waals surface area contributed by atoms with Crippen LogP contribution in [0.4, 0.5) is 0 Å². The largest absolute Gasteiger partial charge is 0.400 e. The Kier molecular flexibility index (Phi) is 5.22. The van der Waals surface area contributed by atoms with E-state index in [4.69, 9.17) is 5.11 Å². The van der Waals surface area contributed by atoms with E-state index in [1.807, 2.05) is 60.9 Å². The summed E-state index contributed by atoms with van der Waals surface area (Å²) >= 11 is 0. The second-order valence-electron chi connectivity index (χ2n) is 4.53. The normalized spacial score (nSPS) is 11.2. The van der Waals surface area contributed by atoms with Gasteiger partial charge in [-0.15, -0.1) is 4.68 Å². The number of benzene rings is 1. The SMILES string of the molecule is CN(C)C(N(C)C)n1[nH][n+](=O)c2ccccc21.CO. The second-order valence-corrected chi connectivity index (χ2v) is 4.53. The molecule has 1 aromatic carbocycles. The highest BCUT2D eigenvalue weighted by atomic mass is 16.3. The van der Waals surface area contributed by atoms with Crippen molar-refractivity contribution in [3.8, 4) is 0 Å². The number of para-hydroxylation sites is 2. The molecule has 0 aliphatic heterocycles. The van der Waals surface area contributed by atoms with Gasteiger partial charge in [0.25, 0.3) is 0 Å². The molecule has 0 aliphatic rings. The van der Waals surface area contributed by atoms with E-state index in [9.17, 15) is 4.91 Å². The van der Waals surface area contributed by atoms with Gasteiger partial charge in [0, 0.05) is 7.11 Å². The van der Waals surface area contributed by atoms with E-state index < -0.39 is 0 Å². The monoisotopic (exact) mass is 268 g/mol. The van der Waals surface area contributed by atoms with Gasteiger partial charge in [-0.2, -0.15) is 0 Å². The molecule has 0 saturated carbocycles. The summed E-state index contributed by atoms with van der Waals surface area (Å²) < 4.78 is 2.64. The molecule has 1 heterocycles. The quantitative estimate of drug-likeness (QED) is 0.610. The molecular formula is C12H22N5O2+. The van der Waals surface area contributed by atoms with Crippen LogP contribution in [0.15, 0.2) is 24.3 Å². The van der Waals surface area contributed by atoms with Crippen molar-refractivity contribution in [3.63, 3.8) is 0 Å². The van der Waals surface area contributed by atoms with E-state index in [1.54, 1.807) is 6.07 Å². The first-order valence-corrected chi connectivity index (χ1v) is 5.92. The molecule has 0 amide bonds. The van der Waals surface area contributed by atoms with Gasteiger partial charge in [-0.05, 0) is 45.2 Å².